The van der Waals surface area contributed by atoms with Crippen LogP contribution >= 0.6 is 0 Å². The van der Waals surface area contributed by atoms with Crippen LogP contribution in [0.25, 0.3) is 21.9 Å². The smallest absolute Gasteiger partial charge is 0.253 e. The lowest BCUT2D eigenvalue weighted by Crippen LogP contribution is -2.34. The zero-order valence-electron chi connectivity index (χ0n) is 15.7. The maximum absolute atomic E-state index is 12.8. The van der Waals surface area contributed by atoms with E-state index in [0.717, 1.165) is 41.4 Å². The highest BCUT2D eigenvalue weighted by atomic mass is 16.3. The highest BCUT2D eigenvalue weighted by molar-refractivity contribution is 6.00. The first kappa shape index (κ1) is 17.6. The number of phenols is 1. The monoisotopic (exact) mass is 360 g/mol. The van der Waals surface area contributed by atoms with Crippen LogP contribution in [0.1, 0.15) is 16.8 Å². The number of carbonyl (C=O) groups is 1. The van der Waals surface area contributed by atoms with Gasteiger partial charge in [0.2, 0.25) is 0 Å². The van der Waals surface area contributed by atoms with Crippen molar-refractivity contribution in [1.29, 1.82) is 0 Å². The highest BCUT2D eigenvalue weighted by Crippen LogP contribution is 2.36. The van der Waals surface area contributed by atoms with E-state index in [4.69, 9.17) is 0 Å². The van der Waals surface area contributed by atoms with Crippen molar-refractivity contribution in [3.63, 3.8) is 0 Å². The van der Waals surface area contributed by atoms with Crippen molar-refractivity contribution in [2.45, 2.75) is 12.5 Å². The van der Waals surface area contributed by atoms with Crippen LogP contribution in [0.4, 0.5) is 0 Å². The van der Waals surface area contributed by atoms with Crippen LogP contribution in [-0.4, -0.2) is 54.0 Å². The summed E-state index contributed by atoms with van der Waals surface area (Å²) >= 11 is 0. The molecule has 0 saturated carbocycles. The van der Waals surface area contributed by atoms with Gasteiger partial charge in [-0.05, 0) is 55.1 Å². The van der Waals surface area contributed by atoms with Gasteiger partial charge in [-0.25, -0.2) is 0 Å². The summed E-state index contributed by atoms with van der Waals surface area (Å²) in [4.78, 5) is 16.9. The van der Waals surface area contributed by atoms with Crippen molar-refractivity contribution < 1.29 is 9.90 Å². The molecular formula is C23H24N2O2. The molecule has 1 saturated heterocycles. The lowest BCUT2D eigenvalue weighted by atomic mass is 9.96. The van der Waals surface area contributed by atoms with E-state index in [1.54, 1.807) is 6.07 Å². The molecule has 138 valence electrons. The summed E-state index contributed by atoms with van der Waals surface area (Å²) in [6, 6.07) is 19.6. The van der Waals surface area contributed by atoms with Gasteiger partial charge in [0.25, 0.3) is 5.91 Å². The second-order valence-electron chi connectivity index (χ2n) is 7.42. The van der Waals surface area contributed by atoms with Gasteiger partial charge >= 0.3 is 0 Å². The number of likely N-dealkylation sites (N-methyl/N-ethyl adjacent to an activating group) is 1. The summed E-state index contributed by atoms with van der Waals surface area (Å²) in [5, 5.41) is 12.5. The fourth-order valence-electron chi connectivity index (χ4n) is 3.87. The molecule has 1 amide bonds. The number of fused-ring (bicyclic) bond motifs is 1. The molecule has 0 spiro atoms. The molecule has 1 aliphatic rings. The first-order valence-electron chi connectivity index (χ1n) is 9.31. The Morgan fingerprint density at radius 1 is 1.04 bits per heavy atom. The number of rotatable bonds is 3. The van der Waals surface area contributed by atoms with Crippen molar-refractivity contribution in [2.24, 2.45) is 0 Å². The molecular weight excluding hydrogens is 336 g/mol. The van der Waals surface area contributed by atoms with Gasteiger partial charge in [0.1, 0.15) is 5.75 Å². The van der Waals surface area contributed by atoms with Gasteiger partial charge in [-0.2, -0.15) is 0 Å². The average molecular weight is 360 g/mol. The Kier molecular flexibility index (Phi) is 4.58. The summed E-state index contributed by atoms with van der Waals surface area (Å²) in [5.74, 6) is 0.328. The summed E-state index contributed by atoms with van der Waals surface area (Å²) in [7, 11) is 4.12. The van der Waals surface area contributed by atoms with E-state index in [1.807, 2.05) is 59.5 Å². The fraction of sp³-hybridized carbons (Fsp3) is 0.261. The Morgan fingerprint density at radius 2 is 1.78 bits per heavy atom. The number of amides is 1. The van der Waals surface area contributed by atoms with Crippen molar-refractivity contribution >= 4 is 16.7 Å². The summed E-state index contributed by atoms with van der Waals surface area (Å²) in [5.41, 5.74) is 2.41. The summed E-state index contributed by atoms with van der Waals surface area (Å²) < 4.78 is 0. The Labute approximate surface area is 159 Å². The highest BCUT2D eigenvalue weighted by Gasteiger charge is 2.28. The second kappa shape index (κ2) is 7.05. The number of nitrogens with zero attached hydrogens (tertiary/aromatic N) is 2. The minimum atomic E-state index is 0.0769. The molecule has 1 fully saturated rings. The van der Waals surface area contributed by atoms with Gasteiger partial charge in [-0.1, -0.05) is 42.5 Å². The second-order valence-corrected chi connectivity index (χ2v) is 7.42. The van der Waals surface area contributed by atoms with Gasteiger partial charge in [-0.15, -0.1) is 0 Å². The molecule has 0 bridgehead atoms. The van der Waals surface area contributed by atoms with Crippen LogP contribution < -0.4 is 0 Å². The molecule has 4 rings (SSSR count). The van der Waals surface area contributed by atoms with E-state index in [-0.39, 0.29) is 11.7 Å². The number of benzene rings is 3. The van der Waals surface area contributed by atoms with E-state index in [1.165, 1.54) is 0 Å². The van der Waals surface area contributed by atoms with E-state index in [0.29, 0.717) is 11.6 Å². The summed E-state index contributed by atoms with van der Waals surface area (Å²) in [6.45, 7) is 1.57. The first-order valence-corrected chi connectivity index (χ1v) is 9.31. The molecule has 0 unspecified atom stereocenters. The first-order chi connectivity index (χ1) is 13.0. The predicted molar refractivity (Wildman–Crippen MR) is 109 cm³/mol. The molecule has 4 heteroatoms. The fourth-order valence-corrected chi connectivity index (χ4v) is 3.87. The van der Waals surface area contributed by atoms with Crippen molar-refractivity contribution in [3.8, 4) is 16.9 Å². The van der Waals surface area contributed by atoms with Gasteiger partial charge < -0.3 is 14.9 Å². The number of likely N-dealkylation sites (tertiary alicyclic amines) is 1. The standard InChI is InChI=1S/C23H24N2O2/c1-24(2)19-13-14-25(15-19)23(27)18-9-7-17(8-10-18)22-20-6-4-3-5-16(20)11-12-21(22)26/h3-12,19,26H,13-15H2,1-2H3/t19-/m0/s1. The Hall–Kier alpha value is -2.85. The third-order valence-corrected chi connectivity index (χ3v) is 5.51. The normalized spacial score (nSPS) is 17.0. The van der Waals surface area contributed by atoms with E-state index >= 15 is 0 Å². The molecule has 3 aromatic carbocycles. The van der Waals surface area contributed by atoms with Crippen molar-refractivity contribution in [2.75, 3.05) is 27.2 Å². The summed E-state index contributed by atoms with van der Waals surface area (Å²) in [6.07, 6.45) is 1.01. The average Bonchev–Trinajstić information content (AvgIpc) is 3.18. The molecule has 3 aromatic rings. The van der Waals surface area contributed by atoms with Crippen LogP contribution in [0, 0.1) is 0 Å². The minimum absolute atomic E-state index is 0.0769. The maximum Gasteiger partial charge on any atom is 0.253 e. The van der Waals surface area contributed by atoms with E-state index < -0.39 is 0 Å². The Morgan fingerprint density at radius 3 is 2.48 bits per heavy atom. The minimum Gasteiger partial charge on any atom is -0.507 e. The zero-order chi connectivity index (χ0) is 19.0. The lowest BCUT2D eigenvalue weighted by molar-refractivity contribution is 0.0783. The third-order valence-electron chi connectivity index (χ3n) is 5.51. The number of hydrogen-bond acceptors (Lipinski definition) is 3. The van der Waals surface area contributed by atoms with Crippen LogP contribution in [0.2, 0.25) is 0 Å². The van der Waals surface area contributed by atoms with E-state index in [9.17, 15) is 9.90 Å². The van der Waals surface area contributed by atoms with Gasteiger partial charge in [0.15, 0.2) is 0 Å². The van der Waals surface area contributed by atoms with Crippen LogP contribution in [0.3, 0.4) is 0 Å². The molecule has 27 heavy (non-hydrogen) atoms. The predicted octanol–water partition coefficient (Wildman–Crippen LogP) is 3.99. The topological polar surface area (TPSA) is 43.8 Å². The number of hydrogen-bond donors (Lipinski definition) is 1. The Bertz CT molecular complexity index is 979. The van der Waals surface area contributed by atoms with Gasteiger partial charge in [0.05, 0.1) is 0 Å². The maximum atomic E-state index is 12.8. The van der Waals surface area contributed by atoms with Crippen molar-refractivity contribution in [3.05, 3.63) is 66.2 Å². The SMILES string of the molecule is CN(C)[C@H]1CCN(C(=O)c2ccc(-c3c(O)ccc4ccccc34)cc2)C1. The zero-order valence-corrected chi connectivity index (χ0v) is 15.7. The number of carbonyl (C=O) groups excluding carboxylic acids is 1. The van der Waals surface area contributed by atoms with Crippen LogP contribution in [0.5, 0.6) is 5.75 Å². The lowest BCUT2D eigenvalue weighted by Gasteiger charge is -2.20. The van der Waals surface area contributed by atoms with Crippen molar-refractivity contribution in [1.82, 2.24) is 9.80 Å². The van der Waals surface area contributed by atoms with E-state index in [2.05, 4.69) is 19.0 Å². The molecule has 1 aliphatic heterocycles. The molecule has 1 atom stereocenters. The van der Waals surface area contributed by atoms with Gasteiger partial charge in [0, 0.05) is 30.3 Å². The number of phenolic OH excluding ortho intramolecular Hbond substituents is 1. The molecule has 0 aliphatic carbocycles. The molecule has 4 nitrogen and oxygen atoms in total. The largest absolute Gasteiger partial charge is 0.507 e. The number of aromatic hydroxyl groups is 1. The molecule has 1 heterocycles. The molecule has 0 aromatic heterocycles. The quantitative estimate of drug-likeness (QED) is 0.768. The molecule has 1 N–H and O–H groups in total. The van der Waals surface area contributed by atoms with Crippen LogP contribution in [0.15, 0.2) is 60.7 Å². The van der Waals surface area contributed by atoms with Gasteiger partial charge in [-0.3, -0.25) is 4.79 Å². The van der Waals surface area contributed by atoms with Crippen LogP contribution in [-0.2, 0) is 0 Å². The third kappa shape index (κ3) is 3.28. The Balaban J connectivity index is 1.62. The molecule has 0 radical (unpaired) electrons.